The molecule has 0 bridgehead atoms. The van der Waals surface area contributed by atoms with Gasteiger partial charge in [-0.05, 0) is 60.0 Å². The van der Waals surface area contributed by atoms with Crippen molar-refractivity contribution in [2.45, 2.75) is 4.90 Å². The fourth-order valence-electron chi connectivity index (χ4n) is 4.15. The summed E-state index contributed by atoms with van der Waals surface area (Å²) in [7, 11) is -4.10. The largest absolute Gasteiger partial charge is 0.482 e. The van der Waals surface area contributed by atoms with Crippen molar-refractivity contribution in [1.29, 1.82) is 5.26 Å². The average molecular weight is 549 g/mol. The Kier molecular flexibility index (Phi) is 6.48. The number of carboxylic acid groups (broad SMARTS) is 1. The molecule has 1 N–H and O–H groups in total. The van der Waals surface area contributed by atoms with Gasteiger partial charge in [-0.15, -0.1) is 11.3 Å². The van der Waals surface area contributed by atoms with E-state index >= 15 is 0 Å². The molecule has 2 aromatic heterocycles. The van der Waals surface area contributed by atoms with Crippen molar-refractivity contribution in [3.8, 4) is 33.5 Å². The first-order valence-corrected chi connectivity index (χ1v) is 13.6. The van der Waals surface area contributed by atoms with E-state index in [0.29, 0.717) is 37.6 Å². The Morgan fingerprint density at radius 2 is 1.81 bits per heavy atom. The molecule has 37 heavy (non-hydrogen) atoms. The van der Waals surface area contributed by atoms with Gasteiger partial charge in [0.2, 0.25) is 0 Å². The van der Waals surface area contributed by atoms with Gasteiger partial charge >= 0.3 is 5.97 Å². The molecule has 0 aliphatic carbocycles. The van der Waals surface area contributed by atoms with E-state index in [-0.39, 0.29) is 16.2 Å². The highest BCUT2D eigenvalue weighted by Gasteiger charge is 2.30. The highest BCUT2D eigenvalue weighted by atomic mass is 35.5. The van der Waals surface area contributed by atoms with Gasteiger partial charge in [-0.1, -0.05) is 35.9 Å². The van der Waals surface area contributed by atoms with Crippen LogP contribution in [0.1, 0.15) is 5.56 Å². The summed E-state index contributed by atoms with van der Waals surface area (Å²) in [6.45, 7) is -0.560. The van der Waals surface area contributed by atoms with Crippen LogP contribution in [0.15, 0.2) is 89.1 Å². The number of hydrogen-bond acceptors (Lipinski definition) is 6. The van der Waals surface area contributed by atoms with Crippen LogP contribution in [0, 0.1) is 11.3 Å². The van der Waals surface area contributed by atoms with E-state index in [0.717, 1.165) is 0 Å². The number of fused-ring (bicyclic) bond motifs is 1. The van der Waals surface area contributed by atoms with E-state index < -0.39 is 22.6 Å². The molecule has 5 rings (SSSR count). The molecular weight excluding hydrogens is 532 g/mol. The summed E-state index contributed by atoms with van der Waals surface area (Å²) < 4.78 is 34.8. The number of aliphatic carboxylic acids is 1. The molecular formula is C27H17ClN2O5S2. The van der Waals surface area contributed by atoms with Crippen LogP contribution in [-0.2, 0) is 14.8 Å². The van der Waals surface area contributed by atoms with E-state index in [1.165, 1.54) is 51.7 Å². The topological polar surface area (TPSA) is 109 Å². The van der Waals surface area contributed by atoms with Crippen molar-refractivity contribution < 1.29 is 23.1 Å². The number of rotatable bonds is 7. The maximum absolute atomic E-state index is 14.1. The molecule has 0 fully saturated rings. The van der Waals surface area contributed by atoms with Gasteiger partial charge < -0.3 is 9.84 Å². The summed E-state index contributed by atoms with van der Waals surface area (Å²) in [6, 6.07) is 23.4. The minimum Gasteiger partial charge on any atom is -0.482 e. The van der Waals surface area contributed by atoms with Gasteiger partial charge in [-0.3, -0.25) is 0 Å². The maximum Gasteiger partial charge on any atom is 0.341 e. The second-order valence-corrected chi connectivity index (χ2v) is 11.1. The second-order valence-electron chi connectivity index (χ2n) is 7.94. The van der Waals surface area contributed by atoms with Gasteiger partial charge in [0, 0.05) is 21.5 Å². The zero-order valence-electron chi connectivity index (χ0n) is 19.0. The molecule has 3 aromatic carbocycles. The van der Waals surface area contributed by atoms with Crippen LogP contribution >= 0.6 is 22.9 Å². The zero-order chi connectivity index (χ0) is 26.2. The Morgan fingerprint density at radius 3 is 2.49 bits per heavy atom. The van der Waals surface area contributed by atoms with Gasteiger partial charge in [-0.25, -0.2) is 17.2 Å². The quantitative estimate of drug-likeness (QED) is 0.257. The predicted octanol–water partition coefficient (Wildman–Crippen LogP) is 6.26. The van der Waals surface area contributed by atoms with E-state index in [9.17, 15) is 18.5 Å². The summed E-state index contributed by atoms with van der Waals surface area (Å²) >= 11 is 7.38. The molecule has 10 heteroatoms. The fraction of sp³-hybridized carbons (Fsp3) is 0.0370. The SMILES string of the molecule is N#Cc1ccc(OCC(=O)O)cc1-c1c(-c2cccs2)n(S(=O)(=O)c2ccc(Cl)cc2)c2ccccc12. The van der Waals surface area contributed by atoms with Crippen molar-refractivity contribution in [1.82, 2.24) is 3.97 Å². The molecule has 2 heterocycles. The highest BCUT2D eigenvalue weighted by Crippen LogP contribution is 2.45. The minimum absolute atomic E-state index is 0.0565. The summed E-state index contributed by atoms with van der Waals surface area (Å²) in [4.78, 5) is 11.8. The lowest BCUT2D eigenvalue weighted by Crippen LogP contribution is -2.14. The standard InChI is InChI=1S/C27H17ClN2O5S2/c28-18-8-11-20(12-9-18)37(33,34)30-23-5-2-1-4-21(23)26(27(30)24-6-3-13-36-24)22-14-19(35-16-25(31)32)10-7-17(22)15-29/h1-14H,16H2,(H,31,32). The molecule has 0 radical (unpaired) electrons. The third kappa shape index (κ3) is 4.47. The molecule has 0 amide bonds. The van der Waals surface area contributed by atoms with Crippen LogP contribution in [0.2, 0.25) is 5.02 Å². The molecule has 7 nitrogen and oxygen atoms in total. The third-order valence-corrected chi connectivity index (χ3v) is 8.54. The molecule has 184 valence electrons. The Morgan fingerprint density at radius 1 is 1.05 bits per heavy atom. The number of nitriles is 1. The van der Waals surface area contributed by atoms with Crippen molar-refractivity contribution in [3.63, 3.8) is 0 Å². The lowest BCUT2D eigenvalue weighted by atomic mass is 9.96. The maximum atomic E-state index is 14.1. The van der Waals surface area contributed by atoms with E-state index in [1.807, 2.05) is 17.5 Å². The third-order valence-electron chi connectivity index (χ3n) is 5.68. The minimum atomic E-state index is -4.10. The Bertz CT molecular complexity index is 1790. The van der Waals surface area contributed by atoms with Gasteiger partial charge in [0.25, 0.3) is 10.0 Å². The normalized spacial score (nSPS) is 11.4. The van der Waals surface area contributed by atoms with Crippen molar-refractivity contribution in [3.05, 3.63) is 94.8 Å². The molecule has 0 atom stereocenters. The summed E-state index contributed by atoms with van der Waals surface area (Å²) in [5.74, 6) is -0.901. The lowest BCUT2D eigenvalue weighted by molar-refractivity contribution is -0.139. The van der Waals surface area contributed by atoms with Crippen LogP contribution in [-0.4, -0.2) is 30.1 Å². The number of carboxylic acids is 1. The number of ether oxygens (including phenoxy) is 1. The van der Waals surface area contributed by atoms with E-state index in [2.05, 4.69) is 6.07 Å². The fourth-order valence-corrected chi connectivity index (χ4v) is 6.63. The smallest absolute Gasteiger partial charge is 0.341 e. The van der Waals surface area contributed by atoms with Crippen LogP contribution in [0.3, 0.4) is 0 Å². The van der Waals surface area contributed by atoms with E-state index in [4.69, 9.17) is 21.4 Å². The molecule has 0 saturated heterocycles. The number of hydrogen-bond donors (Lipinski definition) is 1. The van der Waals surface area contributed by atoms with Crippen LogP contribution < -0.4 is 4.74 Å². The van der Waals surface area contributed by atoms with Gasteiger partial charge in [0.1, 0.15) is 5.75 Å². The Labute approximate surface area is 221 Å². The average Bonchev–Trinajstić information content (AvgIpc) is 3.54. The first kappa shape index (κ1) is 24.6. The number of halogens is 1. The van der Waals surface area contributed by atoms with Crippen LogP contribution in [0.25, 0.3) is 32.6 Å². The summed E-state index contributed by atoms with van der Waals surface area (Å²) in [6.07, 6.45) is 0. The predicted molar refractivity (Wildman–Crippen MR) is 143 cm³/mol. The number of benzene rings is 3. The number of para-hydroxylation sites is 1. The first-order chi connectivity index (χ1) is 17.8. The first-order valence-electron chi connectivity index (χ1n) is 10.9. The molecule has 0 aliphatic rings. The number of thiophene rings is 1. The molecule has 0 saturated carbocycles. The zero-order valence-corrected chi connectivity index (χ0v) is 21.3. The van der Waals surface area contributed by atoms with Crippen molar-refractivity contribution in [2.24, 2.45) is 0 Å². The van der Waals surface area contributed by atoms with E-state index in [1.54, 1.807) is 30.3 Å². The molecule has 0 unspecified atom stereocenters. The molecule has 0 aliphatic heterocycles. The summed E-state index contributed by atoms with van der Waals surface area (Å²) in [5.41, 5.74) is 2.05. The molecule has 5 aromatic rings. The second kappa shape index (κ2) is 9.75. The highest BCUT2D eigenvalue weighted by molar-refractivity contribution is 7.90. The van der Waals surface area contributed by atoms with Crippen molar-refractivity contribution in [2.75, 3.05) is 6.61 Å². The van der Waals surface area contributed by atoms with Crippen molar-refractivity contribution >= 4 is 49.8 Å². The molecule has 0 spiro atoms. The number of carbonyl (C=O) groups is 1. The Balaban J connectivity index is 1.89. The summed E-state index contributed by atoms with van der Waals surface area (Å²) in [5, 5.41) is 21.8. The van der Waals surface area contributed by atoms with Crippen LogP contribution in [0.4, 0.5) is 0 Å². The van der Waals surface area contributed by atoms with Gasteiger partial charge in [-0.2, -0.15) is 5.26 Å². The number of nitrogens with zero attached hydrogens (tertiary/aromatic N) is 2. The number of aromatic nitrogens is 1. The monoisotopic (exact) mass is 548 g/mol. The Hall–Kier alpha value is -4.10. The van der Waals surface area contributed by atoms with Crippen LogP contribution in [0.5, 0.6) is 5.75 Å². The van der Waals surface area contributed by atoms with Gasteiger partial charge in [0.05, 0.1) is 32.6 Å². The van der Waals surface area contributed by atoms with Gasteiger partial charge in [0.15, 0.2) is 6.61 Å². The lowest BCUT2D eigenvalue weighted by Gasteiger charge is -2.14.